The summed E-state index contributed by atoms with van der Waals surface area (Å²) in [5.74, 6) is -0.817. The minimum Gasteiger partial charge on any atom is -0.481 e. The molecule has 1 aromatic heterocycles. The molecule has 0 saturated carbocycles. The van der Waals surface area contributed by atoms with Crippen molar-refractivity contribution >= 4 is 28.5 Å². The van der Waals surface area contributed by atoms with E-state index in [1.165, 1.54) is 0 Å². The molecule has 0 fully saturated rings. The number of carbonyl (C=O) groups is 1. The number of aromatic nitrogens is 1. The van der Waals surface area contributed by atoms with E-state index in [-0.39, 0.29) is 6.42 Å². The van der Waals surface area contributed by atoms with E-state index in [0.717, 1.165) is 22.0 Å². The van der Waals surface area contributed by atoms with Gasteiger partial charge in [-0.25, -0.2) is 0 Å². The summed E-state index contributed by atoms with van der Waals surface area (Å²) in [5.41, 5.74) is 2.90. The molecule has 1 N–H and O–H groups in total. The Morgan fingerprint density at radius 3 is 2.62 bits per heavy atom. The lowest BCUT2D eigenvalue weighted by Crippen LogP contribution is -2.06. The Morgan fingerprint density at radius 1 is 1.10 bits per heavy atom. The fourth-order valence-corrected chi connectivity index (χ4v) is 2.69. The molecule has 2 aromatic carbocycles. The zero-order valence-corrected chi connectivity index (χ0v) is 12.0. The number of hydrogen-bond donors (Lipinski definition) is 1. The van der Waals surface area contributed by atoms with Crippen molar-refractivity contribution in [3.8, 4) is 0 Å². The van der Waals surface area contributed by atoms with Crippen molar-refractivity contribution < 1.29 is 9.90 Å². The molecule has 0 bridgehead atoms. The first-order valence-corrected chi connectivity index (χ1v) is 7.04. The van der Waals surface area contributed by atoms with Crippen LogP contribution in [0.3, 0.4) is 0 Å². The molecular formula is C17H14ClNO2. The van der Waals surface area contributed by atoms with Crippen LogP contribution in [0, 0.1) is 0 Å². The van der Waals surface area contributed by atoms with E-state index in [9.17, 15) is 4.79 Å². The number of hydrogen-bond acceptors (Lipinski definition) is 1. The Balaban J connectivity index is 1.99. The zero-order chi connectivity index (χ0) is 14.8. The predicted molar refractivity (Wildman–Crippen MR) is 83.8 cm³/mol. The molecule has 0 amide bonds. The van der Waals surface area contributed by atoms with Gasteiger partial charge in [-0.3, -0.25) is 4.79 Å². The Hall–Kier alpha value is -2.26. The molecule has 0 saturated heterocycles. The quantitative estimate of drug-likeness (QED) is 0.792. The molecule has 0 radical (unpaired) electrons. The van der Waals surface area contributed by atoms with Crippen LogP contribution in [0.2, 0.25) is 5.02 Å². The van der Waals surface area contributed by atoms with Gasteiger partial charge in [0.2, 0.25) is 0 Å². The van der Waals surface area contributed by atoms with E-state index in [2.05, 4.69) is 4.57 Å². The van der Waals surface area contributed by atoms with Crippen LogP contribution in [0.1, 0.15) is 11.1 Å². The summed E-state index contributed by atoms with van der Waals surface area (Å²) in [4.78, 5) is 11.0. The summed E-state index contributed by atoms with van der Waals surface area (Å²) in [7, 11) is 0. The highest BCUT2D eigenvalue weighted by Crippen LogP contribution is 2.22. The molecule has 0 spiro atoms. The van der Waals surface area contributed by atoms with Crippen LogP contribution < -0.4 is 0 Å². The van der Waals surface area contributed by atoms with Crippen LogP contribution >= 0.6 is 11.6 Å². The normalized spacial score (nSPS) is 10.9. The molecule has 4 heteroatoms. The van der Waals surface area contributed by atoms with E-state index >= 15 is 0 Å². The van der Waals surface area contributed by atoms with E-state index in [1.807, 2.05) is 54.7 Å². The van der Waals surface area contributed by atoms with Crippen LogP contribution in [0.15, 0.2) is 54.7 Å². The third-order valence-electron chi connectivity index (χ3n) is 3.54. The van der Waals surface area contributed by atoms with Crippen molar-refractivity contribution in [3.63, 3.8) is 0 Å². The van der Waals surface area contributed by atoms with Crippen molar-refractivity contribution in [2.24, 2.45) is 0 Å². The van der Waals surface area contributed by atoms with Gasteiger partial charge in [-0.1, -0.05) is 41.9 Å². The smallest absolute Gasteiger partial charge is 0.307 e. The summed E-state index contributed by atoms with van der Waals surface area (Å²) < 4.78 is 2.09. The number of fused-ring (bicyclic) bond motifs is 1. The largest absolute Gasteiger partial charge is 0.481 e. The van der Waals surface area contributed by atoms with Crippen LogP contribution in [-0.2, 0) is 17.8 Å². The molecule has 0 aliphatic rings. The average Bonchev–Trinajstić information content (AvgIpc) is 2.83. The van der Waals surface area contributed by atoms with E-state index < -0.39 is 5.97 Å². The van der Waals surface area contributed by atoms with Crippen molar-refractivity contribution in [1.29, 1.82) is 0 Å². The number of halogens is 1. The number of nitrogens with zero attached hydrogens (tertiary/aromatic N) is 1. The maximum atomic E-state index is 11.0. The van der Waals surface area contributed by atoms with E-state index in [0.29, 0.717) is 11.6 Å². The van der Waals surface area contributed by atoms with Crippen molar-refractivity contribution in [2.45, 2.75) is 13.0 Å². The minimum absolute atomic E-state index is 0.0378. The van der Waals surface area contributed by atoms with Gasteiger partial charge in [0.1, 0.15) is 0 Å². The second-order valence-corrected chi connectivity index (χ2v) is 5.42. The lowest BCUT2D eigenvalue weighted by Gasteiger charge is -2.10. The maximum Gasteiger partial charge on any atom is 0.307 e. The predicted octanol–water partition coefficient (Wildman–Crippen LogP) is 3.97. The van der Waals surface area contributed by atoms with Crippen LogP contribution in [0.5, 0.6) is 0 Å². The standard InChI is InChI=1S/C17H14ClNO2/c18-15-6-5-12-7-8-19(16(12)10-15)11-14-4-2-1-3-13(14)9-17(20)21/h1-8,10H,9,11H2,(H,20,21). The summed E-state index contributed by atoms with van der Waals surface area (Å²) in [6.45, 7) is 0.632. The van der Waals surface area contributed by atoms with Crippen LogP contribution in [0.25, 0.3) is 10.9 Å². The molecule has 0 atom stereocenters. The highest BCUT2D eigenvalue weighted by Gasteiger charge is 2.08. The monoisotopic (exact) mass is 299 g/mol. The van der Waals surface area contributed by atoms with Crippen molar-refractivity contribution in [3.05, 3.63) is 70.9 Å². The van der Waals surface area contributed by atoms with Crippen LogP contribution in [-0.4, -0.2) is 15.6 Å². The molecule has 0 aliphatic carbocycles. The first-order chi connectivity index (χ1) is 10.1. The summed E-state index contributed by atoms with van der Waals surface area (Å²) in [6, 6.07) is 15.4. The average molecular weight is 300 g/mol. The minimum atomic E-state index is -0.817. The van der Waals surface area contributed by atoms with Gasteiger partial charge in [0.25, 0.3) is 0 Å². The number of benzene rings is 2. The van der Waals surface area contributed by atoms with E-state index in [4.69, 9.17) is 16.7 Å². The Labute approximate surface area is 127 Å². The summed E-state index contributed by atoms with van der Waals surface area (Å²) >= 11 is 6.06. The molecule has 0 aliphatic heterocycles. The first-order valence-electron chi connectivity index (χ1n) is 6.66. The Morgan fingerprint density at radius 2 is 1.86 bits per heavy atom. The highest BCUT2D eigenvalue weighted by atomic mass is 35.5. The van der Waals surface area contributed by atoms with Crippen molar-refractivity contribution in [1.82, 2.24) is 4.57 Å². The Kier molecular flexibility index (Phi) is 3.67. The SMILES string of the molecule is O=C(O)Cc1ccccc1Cn1ccc2ccc(Cl)cc21. The molecular weight excluding hydrogens is 286 g/mol. The topological polar surface area (TPSA) is 42.2 Å². The highest BCUT2D eigenvalue weighted by molar-refractivity contribution is 6.31. The molecule has 106 valence electrons. The Bertz CT molecular complexity index is 807. The third-order valence-corrected chi connectivity index (χ3v) is 3.77. The van der Waals surface area contributed by atoms with Gasteiger partial charge in [-0.15, -0.1) is 0 Å². The number of aliphatic carboxylic acids is 1. The molecule has 3 nitrogen and oxygen atoms in total. The fourth-order valence-electron chi connectivity index (χ4n) is 2.53. The molecule has 1 heterocycles. The lowest BCUT2D eigenvalue weighted by atomic mass is 10.0. The third kappa shape index (κ3) is 2.93. The zero-order valence-electron chi connectivity index (χ0n) is 11.3. The second-order valence-electron chi connectivity index (χ2n) is 4.99. The summed E-state index contributed by atoms with van der Waals surface area (Å²) in [6.07, 6.45) is 2.04. The van der Waals surface area contributed by atoms with Crippen molar-refractivity contribution in [2.75, 3.05) is 0 Å². The number of carboxylic acid groups (broad SMARTS) is 1. The van der Waals surface area contributed by atoms with Gasteiger partial charge < -0.3 is 9.67 Å². The maximum absolute atomic E-state index is 11.0. The lowest BCUT2D eigenvalue weighted by molar-refractivity contribution is -0.136. The fraction of sp³-hybridized carbons (Fsp3) is 0.118. The number of rotatable bonds is 4. The number of carboxylic acids is 1. The van der Waals surface area contributed by atoms with Gasteiger partial charge >= 0.3 is 5.97 Å². The van der Waals surface area contributed by atoms with Gasteiger partial charge in [0.15, 0.2) is 0 Å². The van der Waals surface area contributed by atoms with Gasteiger partial charge in [-0.2, -0.15) is 0 Å². The molecule has 3 rings (SSSR count). The molecule has 21 heavy (non-hydrogen) atoms. The molecule has 3 aromatic rings. The first kappa shape index (κ1) is 13.7. The van der Waals surface area contributed by atoms with Gasteiger partial charge in [-0.05, 0) is 34.7 Å². The van der Waals surface area contributed by atoms with E-state index in [1.54, 1.807) is 0 Å². The summed E-state index contributed by atoms with van der Waals surface area (Å²) in [5, 5.41) is 10.8. The molecule has 0 unspecified atom stereocenters. The van der Waals surface area contributed by atoms with Gasteiger partial charge in [0.05, 0.1) is 6.42 Å². The van der Waals surface area contributed by atoms with Gasteiger partial charge in [0, 0.05) is 23.3 Å². The van der Waals surface area contributed by atoms with Crippen LogP contribution in [0.4, 0.5) is 0 Å². The second kappa shape index (κ2) is 5.62.